The molecule has 0 aliphatic heterocycles. The normalized spacial score (nSPS) is 10.3. The van der Waals surface area contributed by atoms with E-state index in [0.717, 1.165) is 6.07 Å². The molecule has 1 N–H and O–H groups in total. The van der Waals surface area contributed by atoms with Gasteiger partial charge < -0.3 is 15.0 Å². The maximum Gasteiger partial charge on any atom is 0.341 e. The first kappa shape index (κ1) is 21.4. The van der Waals surface area contributed by atoms with Crippen LogP contribution in [0.5, 0.6) is 0 Å². The number of carbonyl (C=O) groups excluding carboxylic acids is 3. The van der Waals surface area contributed by atoms with Crippen LogP contribution in [0.1, 0.15) is 34.6 Å². The van der Waals surface area contributed by atoms with Crippen molar-refractivity contribution in [3.05, 3.63) is 64.4 Å². The number of benzene rings is 2. The van der Waals surface area contributed by atoms with Crippen LogP contribution in [0.2, 0.25) is 5.02 Å². The van der Waals surface area contributed by atoms with Crippen molar-refractivity contribution in [2.24, 2.45) is 0 Å². The van der Waals surface area contributed by atoms with E-state index in [4.69, 9.17) is 16.3 Å². The first-order valence-electron chi connectivity index (χ1n) is 8.67. The SMILES string of the molecule is CCN(CC)C(=O)c1cccc(NC(=O)COC(=O)c2ccc(Cl)cc2F)c1. The highest BCUT2D eigenvalue weighted by molar-refractivity contribution is 6.30. The molecule has 2 rings (SSSR count). The summed E-state index contributed by atoms with van der Waals surface area (Å²) in [5.41, 5.74) is 0.502. The van der Waals surface area contributed by atoms with Gasteiger partial charge in [0, 0.05) is 29.4 Å². The van der Waals surface area contributed by atoms with Gasteiger partial charge in [-0.3, -0.25) is 9.59 Å². The van der Waals surface area contributed by atoms with Crippen molar-refractivity contribution in [3.8, 4) is 0 Å². The fourth-order valence-electron chi connectivity index (χ4n) is 2.48. The minimum absolute atomic E-state index is 0.144. The van der Waals surface area contributed by atoms with Gasteiger partial charge in [-0.05, 0) is 50.2 Å². The number of halogens is 2. The van der Waals surface area contributed by atoms with Crippen LogP contribution in [0, 0.1) is 5.82 Å². The van der Waals surface area contributed by atoms with Crippen molar-refractivity contribution < 1.29 is 23.5 Å². The van der Waals surface area contributed by atoms with Gasteiger partial charge in [0.2, 0.25) is 0 Å². The molecule has 28 heavy (non-hydrogen) atoms. The number of nitrogens with zero attached hydrogens (tertiary/aromatic N) is 1. The first-order valence-corrected chi connectivity index (χ1v) is 9.04. The van der Waals surface area contributed by atoms with Crippen molar-refractivity contribution in [3.63, 3.8) is 0 Å². The van der Waals surface area contributed by atoms with Crippen LogP contribution in [0.25, 0.3) is 0 Å². The Kier molecular flexibility index (Phi) is 7.52. The van der Waals surface area contributed by atoms with E-state index in [1.807, 2.05) is 13.8 Å². The van der Waals surface area contributed by atoms with Crippen molar-refractivity contribution in [1.29, 1.82) is 0 Å². The minimum Gasteiger partial charge on any atom is -0.452 e. The molecule has 0 radical (unpaired) electrons. The second-order valence-corrected chi connectivity index (χ2v) is 6.24. The van der Waals surface area contributed by atoms with Crippen LogP contribution >= 0.6 is 11.6 Å². The third kappa shape index (κ3) is 5.53. The highest BCUT2D eigenvalue weighted by Gasteiger charge is 2.16. The zero-order chi connectivity index (χ0) is 20.7. The Morgan fingerprint density at radius 2 is 1.82 bits per heavy atom. The van der Waals surface area contributed by atoms with E-state index < -0.39 is 24.3 Å². The van der Waals surface area contributed by atoms with Gasteiger partial charge in [0.25, 0.3) is 11.8 Å². The lowest BCUT2D eigenvalue weighted by atomic mass is 10.1. The van der Waals surface area contributed by atoms with Crippen molar-refractivity contribution >= 4 is 35.1 Å². The van der Waals surface area contributed by atoms with Crippen molar-refractivity contribution in [2.45, 2.75) is 13.8 Å². The fourth-order valence-corrected chi connectivity index (χ4v) is 2.64. The minimum atomic E-state index is -0.977. The molecule has 2 aromatic rings. The van der Waals surface area contributed by atoms with E-state index >= 15 is 0 Å². The lowest BCUT2D eigenvalue weighted by Gasteiger charge is -2.19. The second kappa shape index (κ2) is 9.85. The molecule has 0 aliphatic carbocycles. The zero-order valence-electron chi connectivity index (χ0n) is 15.5. The van der Waals surface area contributed by atoms with Gasteiger partial charge >= 0.3 is 5.97 Å². The Labute approximate surface area is 167 Å². The monoisotopic (exact) mass is 406 g/mol. The summed E-state index contributed by atoms with van der Waals surface area (Å²) in [7, 11) is 0. The molecule has 0 bridgehead atoms. The largest absolute Gasteiger partial charge is 0.452 e. The molecular weight excluding hydrogens is 387 g/mol. The van der Waals surface area contributed by atoms with E-state index in [9.17, 15) is 18.8 Å². The number of ether oxygens (including phenoxy) is 1. The Balaban J connectivity index is 1.97. The number of anilines is 1. The zero-order valence-corrected chi connectivity index (χ0v) is 16.3. The molecule has 148 valence electrons. The van der Waals surface area contributed by atoms with Gasteiger partial charge in [-0.15, -0.1) is 0 Å². The molecule has 0 fully saturated rings. The number of hydrogen-bond acceptors (Lipinski definition) is 4. The van der Waals surface area contributed by atoms with E-state index in [0.29, 0.717) is 24.3 Å². The lowest BCUT2D eigenvalue weighted by Crippen LogP contribution is -2.30. The van der Waals surface area contributed by atoms with Crippen LogP contribution in [0.4, 0.5) is 10.1 Å². The molecular formula is C20H20ClFN2O4. The Morgan fingerprint density at radius 1 is 1.11 bits per heavy atom. The Morgan fingerprint density at radius 3 is 2.46 bits per heavy atom. The number of rotatable bonds is 7. The fraction of sp³-hybridized carbons (Fsp3) is 0.250. The molecule has 0 spiro atoms. The predicted octanol–water partition coefficient (Wildman–Crippen LogP) is 3.76. The second-order valence-electron chi connectivity index (χ2n) is 5.81. The van der Waals surface area contributed by atoms with Crippen LogP contribution < -0.4 is 5.32 Å². The summed E-state index contributed by atoms with van der Waals surface area (Å²) in [4.78, 5) is 37.9. The predicted molar refractivity (Wildman–Crippen MR) is 104 cm³/mol. The average molecular weight is 407 g/mol. The molecule has 0 saturated carbocycles. The number of hydrogen-bond donors (Lipinski definition) is 1. The molecule has 0 aromatic heterocycles. The number of esters is 1. The molecule has 6 nitrogen and oxygen atoms in total. The van der Waals surface area contributed by atoms with E-state index in [1.165, 1.54) is 12.1 Å². The summed E-state index contributed by atoms with van der Waals surface area (Å²) in [6.45, 7) is 4.30. The molecule has 0 heterocycles. The van der Waals surface area contributed by atoms with Gasteiger partial charge in [0.1, 0.15) is 5.82 Å². The van der Waals surface area contributed by atoms with Crippen molar-refractivity contribution in [1.82, 2.24) is 4.90 Å². The molecule has 0 saturated heterocycles. The molecule has 2 amide bonds. The average Bonchev–Trinajstić information content (AvgIpc) is 2.67. The maximum atomic E-state index is 13.7. The van der Waals surface area contributed by atoms with Gasteiger partial charge in [0.15, 0.2) is 6.61 Å². The first-order chi connectivity index (χ1) is 13.3. The maximum absolute atomic E-state index is 13.7. The number of nitrogens with one attached hydrogen (secondary N) is 1. The molecule has 2 aromatic carbocycles. The molecule has 0 aliphatic rings. The lowest BCUT2D eigenvalue weighted by molar-refractivity contribution is -0.119. The van der Waals surface area contributed by atoms with Crippen molar-refractivity contribution in [2.75, 3.05) is 25.0 Å². The summed E-state index contributed by atoms with van der Waals surface area (Å²) in [6.07, 6.45) is 0. The molecule has 0 atom stereocenters. The summed E-state index contributed by atoms with van der Waals surface area (Å²) >= 11 is 5.63. The van der Waals surface area contributed by atoms with Gasteiger partial charge in [0.05, 0.1) is 5.56 Å². The third-order valence-electron chi connectivity index (χ3n) is 3.93. The van der Waals surface area contributed by atoms with Crippen LogP contribution in [-0.4, -0.2) is 42.4 Å². The van der Waals surface area contributed by atoms with Gasteiger partial charge in [-0.1, -0.05) is 17.7 Å². The van der Waals surface area contributed by atoms with Crippen LogP contribution in [0.15, 0.2) is 42.5 Å². The summed E-state index contributed by atoms with van der Waals surface area (Å²) < 4.78 is 18.5. The summed E-state index contributed by atoms with van der Waals surface area (Å²) in [6, 6.07) is 9.95. The standard InChI is InChI=1S/C20H20ClFN2O4/c1-3-24(4-2)19(26)13-6-5-7-15(10-13)23-18(25)12-28-20(27)16-9-8-14(21)11-17(16)22/h5-11H,3-4,12H2,1-2H3,(H,23,25). The van der Waals surface area contributed by atoms with E-state index in [1.54, 1.807) is 29.2 Å². The molecule has 8 heteroatoms. The van der Waals surface area contributed by atoms with Crippen LogP contribution in [0.3, 0.4) is 0 Å². The summed E-state index contributed by atoms with van der Waals surface area (Å²) in [5, 5.41) is 2.69. The topological polar surface area (TPSA) is 75.7 Å². The van der Waals surface area contributed by atoms with Gasteiger partial charge in [-0.2, -0.15) is 0 Å². The molecule has 0 unspecified atom stereocenters. The van der Waals surface area contributed by atoms with Crippen LogP contribution in [-0.2, 0) is 9.53 Å². The third-order valence-corrected chi connectivity index (χ3v) is 4.16. The summed E-state index contributed by atoms with van der Waals surface area (Å²) in [5.74, 6) is -2.57. The smallest absolute Gasteiger partial charge is 0.341 e. The van der Waals surface area contributed by atoms with E-state index in [-0.39, 0.29) is 16.5 Å². The van der Waals surface area contributed by atoms with E-state index in [2.05, 4.69) is 5.32 Å². The number of amides is 2. The number of carbonyl (C=O) groups is 3. The van der Waals surface area contributed by atoms with Gasteiger partial charge in [-0.25, -0.2) is 9.18 Å². The quantitative estimate of drug-likeness (QED) is 0.710. The Bertz CT molecular complexity index is 884. The highest BCUT2D eigenvalue weighted by atomic mass is 35.5. The highest BCUT2D eigenvalue weighted by Crippen LogP contribution is 2.16. The Hall–Kier alpha value is -2.93.